The van der Waals surface area contributed by atoms with Crippen molar-refractivity contribution in [3.63, 3.8) is 0 Å². The molecule has 0 saturated heterocycles. The molecule has 1 N–H and O–H groups in total. The number of hydrogen-bond donors (Lipinski definition) is 1. The maximum Gasteiger partial charge on any atom is 0.0704 e. The van der Waals surface area contributed by atoms with Crippen molar-refractivity contribution in [1.82, 2.24) is 15.2 Å². The molecule has 0 aliphatic heterocycles. The van der Waals surface area contributed by atoms with E-state index in [4.69, 9.17) is 0 Å². The molecular formula is C13H11N3. The van der Waals surface area contributed by atoms with Crippen LogP contribution in [0.1, 0.15) is 5.56 Å². The van der Waals surface area contributed by atoms with Gasteiger partial charge >= 0.3 is 0 Å². The summed E-state index contributed by atoms with van der Waals surface area (Å²) >= 11 is 0. The lowest BCUT2D eigenvalue weighted by Gasteiger charge is -2.01. The van der Waals surface area contributed by atoms with E-state index in [-0.39, 0.29) is 0 Å². The first kappa shape index (κ1) is 9.09. The normalized spacial score (nSPS) is 10.8. The van der Waals surface area contributed by atoms with Crippen LogP contribution in [-0.2, 0) is 0 Å². The Morgan fingerprint density at radius 2 is 2.06 bits per heavy atom. The number of fused-ring (bicyclic) bond motifs is 1. The summed E-state index contributed by atoms with van der Waals surface area (Å²) in [5.41, 5.74) is 4.40. The summed E-state index contributed by atoms with van der Waals surface area (Å²) in [6.45, 7) is 2.07. The molecule has 0 fully saturated rings. The SMILES string of the molecule is Cc1ccnc(-c2ccc3[nH]ncc3c2)c1. The van der Waals surface area contributed by atoms with Gasteiger partial charge in [-0.15, -0.1) is 0 Å². The number of hydrogen-bond acceptors (Lipinski definition) is 2. The third-order valence-electron chi connectivity index (χ3n) is 2.65. The minimum absolute atomic E-state index is 1.00. The zero-order chi connectivity index (χ0) is 11.0. The lowest BCUT2D eigenvalue weighted by Crippen LogP contribution is -1.83. The Kier molecular flexibility index (Phi) is 1.96. The topological polar surface area (TPSA) is 41.6 Å². The standard InChI is InChI=1S/C13H11N3/c1-9-4-5-14-13(6-9)10-2-3-12-11(7-10)8-15-16-12/h2-8H,1H3,(H,15,16). The molecule has 3 nitrogen and oxygen atoms in total. The van der Waals surface area contributed by atoms with Crippen LogP contribution in [0, 0.1) is 6.92 Å². The van der Waals surface area contributed by atoms with E-state index < -0.39 is 0 Å². The van der Waals surface area contributed by atoms with Crippen LogP contribution in [-0.4, -0.2) is 15.2 Å². The molecular weight excluding hydrogens is 198 g/mol. The zero-order valence-corrected chi connectivity index (χ0v) is 8.94. The van der Waals surface area contributed by atoms with E-state index in [1.165, 1.54) is 5.56 Å². The fraction of sp³-hybridized carbons (Fsp3) is 0.0769. The summed E-state index contributed by atoms with van der Waals surface area (Å²) in [6.07, 6.45) is 3.67. The molecule has 0 spiro atoms. The van der Waals surface area contributed by atoms with Gasteiger partial charge in [-0.3, -0.25) is 10.1 Å². The molecule has 0 atom stereocenters. The highest BCUT2D eigenvalue weighted by Gasteiger charge is 2.01. The second-order valence-corrected chi connectivity index (χ2v) is 3.89. The minimum Gasteiger partial charge on any atom is -0.278 e. The number of benzene rings is 1. The Balaban J connectivity index is 2.18. The summed E-state index contributed by atoms with van der Waals surface area (Å²) < 4.78 is 0. The molecule has 3 rings (SSSR count). The van der Waals surface area contributed by atoms with Gasteiger partial charge in [0.25, 0.3) is 0 Å². The maximum atomic E-state index is 4.37. The van der Waals surface area contributed by atoms with Crippen molar-refractivity contribution in [2.75, 3.05) is 0 Å². The van der Waals surface area contributed by atoms with Crippen LogP contribution in [0.25, 0.3) is 22.2 Å². The van der Waals surface area contributed by atoms with Gasteiger partial charge in [0.1, 0.15) is 0 Å². The van der Waals surface area contributed by atoms with Gasteiger partial charge in [0.2, 0.25) is 0 Å². The van der Waals surface area contributed by atoms with Crippen molar-refractivity contribution in [3.05, 3.63) is 48.3 Å². The lowest BCUT2D eigenvalue weighted by atomic mass is 10.1. The highest BCUT2D eigenvalue weighted by atomic mass is 15.1. The van der Waals surface area contributed by atoms with Gasteiger partial charge in [0.05, 0.1) is 17.4 Å². The van der Waals surface area contributed by atoms with E-state index in [1.807, 2.05) is 24.5 Å². The Labute approximate surface area is 93.2 Å². The van der Waals surface area contributed by atoms with E-state index in [9.17, 15) is 0 Å². The largest absolute Gasteiger partial charge is 0.278 e. The Bertz CT molecular complexity index is 640. The summed E-state index contributed by atoms with van der Waals surface area (Å²) in [6, 6.07) is 10.3. The maximum absolute atomic E-state index is 4.37. The summed E-state index contributed by atoms with van der Waals surface area (Å²) in [4.78, 5) is 4.37. The fourth-order valence-electron chi connectivity index (χ4n) is 1.80. The number of nitrogens with one attached hydrogen (secondary N) is 1. The Hall–Kier alpha value is -2.16. The molecule has 0 aliphatic carbocycles. The van der Waals surface area contributed by atoms with Crippen LogP contribution < -0.4 is 0 Å². The quantitative estimate of drug-likeness (QED) is 0.669. The van der Waals surface area contributed by atoms with E-state index in [1.54, 1.807) is 0 Å². The number of H-pyrrole nitrogens is 1. The first-order chi connectivity index (χ1) is 7.83. The van der Waals surface area contributed by atoms with Gasteiger partial charge < -0.3 is 0 Å². The Morgan fingerprint density at radius 1 is 1.12 bits per heavy atom. The van der Waals surface area contributed by atoms with Gasteiger partial charge in [0, 0.05) is 17.1 Å². The van der Waals surface area contributed by atoms with E-state index in [0.717, 1.165) is 22.2 Å². The first-order valence-corrected chi connectivity index (χ1v) is 5.19. The van der Waals surface area contributed by atoms with Crippen molar-refractivity contribution in [2.45, 2.75) is 6.92 Å². The monoisotopic (exact) mass is 209 g/mol. The molecule has 1 aromatic carbocycles. The molecule has 0 amide bonds. The van der Waals surface area contributed by atoms with Crippen LogP contribution in [0.3, 0.4) is 0 Å². The Morgan fingerprint density at radius 3 is 2.94 bits per heavy atom. The molecule has 78 valence electrons. The van der Waals surface area contributed by atoms with Crippen molar-refractivity contribution in [3.8, 4) is 11.3 Å². The van der Waals surface area contributed by atoms with Gasteiger partial charge in [-0.2, -0.15) is 5.10 Å². The van der Waals surface area contributed by atoms with Gasteiger partial charge in [-0.05, 0) is 36.8 Å². The molecule has 0 saturated carbocycles. The molecule has 2 heterocycles. The van der Waals surface area contributed by atoms with E-state index in [0.29, 0.717) is 0 Å². The van der Waals surface area contributed by atoms with Crippen LogP contribution >= 0.6 is 0 Å². The van der Waals surface area contributed by atoms with Crippen LogP contribution in [0.5, 0.6) is 0 Å². The highest BCUT2D eigenvalue weighted by molar-refractivity contribution is 5.83. The number of pyridine rings is 1. The highest BCUT2D eigenvalue weighted by Crippen LogP contribution is 2.21. The lowest BCUT2D eigenvalue weighted by molar-refractivity contribution is 1.12. The number of aromatic amines is 1. The van der Waals surface area contributed by atoms with Gasteiger partial charge in [-0.1, -0.05) is 6.07 Å². The molecule has 16 heavy (non-hydrogen) atoms. The van der Waals surface area contributed by atoms with Crippen LogP contribution in [0.2, 0.25) is 0 Å². The molecule has 0 aliphatic rings. The predicted molar refractivity (Wildman–Crippen MR) is 64.1 cm³/mol. The molecule has 0 bridgehead atoms. The van der Waals surface area contributed by atoms with Crippen molar-refractivity contribution in [1.29, 1.82) is 0 Å². The number of rotatable bonds is 1. The summed E-state index contributed by atoms with van der Waals surface area (Å²) in [7, 11) is 0. The molecule has 3 aromatic rings. The average Bonchev–Trinajstić information content (AvgIpc) is 2.75. The minimum atomic E-state index is 1.00. The van der Waals surface area contributed by atoms with E-state index in [2.05, 4.69) is 40.3 Å². The third kappa shape index (κ3) is 1.46. The molecule has 2 aromatic heterocycles. The number of aromatic nitrogens is 3. The van der Waals surface area contributed by atoms with Gasteiger partial charge in [-0.25, -0.2) is 0 Å². The number of aryl methyl sites for hydroxylation is 1. The average molecular weight is 209 g/mol. The molecule has 3 heteroatoms. The van der Waals surface area contributed by atoms with E-state index >= 15 is 0 Å². The second kappa shape index (κ2) is 3.45. The summed E-state index contributed by atoms with van der Waals surface area (Å²) in [5.74, 6) is 0. The first-order valence-electron chi connectivity index (χ1n) is 5.19. The second-order valence-electron chi connectivity index (χ2n) is 3.89. The fourth-order valence-corrected chi connectivity index (χ4v) is 1.80. The van der Waals surface area contributed by atoms with Crippen LogP contribution in [0.15, 0.2) is 42.7 Å². The van der Waals surface area contributed by atoms with Gasteiger partial charge in [0.15, 0.2) is 0 Å². The number of nitrogens with zero attached hydrogens (tertiary/aromatic N) is 2. The molecule has 0 radical (unpaired) electrons. The van der Waals surface area contributed by atoms with Crippen molar-refractivity contribution >= 4 is 10.9 Å². The molecule has 0 unspecified atom stereocenters. The predicted octanol–water partition coefficient (Wildman–Crippen LogP) is 2.93. The third-order valence-corrected chi connectivity index (χ3v) is 2.65. The smallest absolute Gasteiger partial charge is 0.0704 e. The van der Waals surface area contributed by atoms with Crippen molar-refractivity contribution in [2.24, 2.45) is 0 Å². The summed E-state index contributed by atoms with van der Waals surface area (Å²) in [5, 5.41) is 8.06. The van der Waals surface area contributed by atoms with Crippen molar-refractivity contribution < 1.29 is 0 Å². The zero-order valence-electron chi connectivity index (χ0n) is 8.94. The van der Waals surface area contributed by atoms with Crippen LogP contribution in [0.4, 0.5) is 0 Å².